The van der Waals surface area contributed by atoms with Gasteiger partial charge in [-0.3, -0.25) is 0 Å². The van der Waals surface area contributed by atoms with E-state index in [1.54, 1.807) is 6.07 Å². The van der Waals surface area contributed by atoms with E-state index in [1.165, 1.54) is 5.56 Å². The van der Waals surface area contributed by atoms with Gasteiger partial charge in [0.1, 0.15) is 16.8 Å². The first-order valence-electron chi connectivity index (χ1n) is 7.20. The lowest BCUT2D eigenvalue weighted by Crippen LogP contribution is -2.27. The molecule has 0 amide bonds. The van der Waals surface area contributed by atoms with Crippen molar-refractivity contribution in [3.05, 3.63) is 52.9 Å². The average molecular weight is 304 g/mol. The minimum atomic E-state index is 0.0766. The summed E-state index contributed by atoms with van der Waals surface area (Å²) in [5, 5.41) is 9.79. The second-order valence-corrected chi connectivity index (χ2v) is 5.70. The van der Waals surface area contributed by atoms with Crippen LogP contribution in [0.1, 0.15) is 30.1 Å². The fraction of sp³-hybridized carbons (Fsp3) is 0.375. The van der Waals surface area contributed by atoms with Crippen LogP contribution in [0.15, 0.2) is 36.4 Å². The Labute approximate surface area is 129 Å². The van der Waals surface area contributed by atoms with E-state index >= 15 is 0 Å². The van der Waals surface area contributed by atoms with Crippen molar-refractivity contribution in [3.8, 4) is 0 Å². The number of nitrogens with zero attached hydrogens (tertiary/aromatic N) is 3. The summed E-state index contributed by atoms with van der Waals surface area (Å²) in [6.45, 7) is 1.29. The lowest BCUT2D eigenvalue weighted by molar-refractivity contribution is 0.301. The molecule has 0 aliphatic heterocycles. The fourth-order valence-corrected chi connectivity index (χ4v) is 2.49. The number of aliphatic hydroxyl groups is 1. The molecule has 1 saturated carbocycles. The van der Waals surface area contributed by atoms with Gasteiger partial charge in [0.15, 0.2) is 0 Å². The van der Waals surface area contributed by atoms with Crippen LogP contribution < -0.4 is 4.90 Å². The molecule has 1 aliphatic carbocycles. The summed E-state index contributed by atoms with van der Waals surface area (Å²) in [4.78, 5) is 11.0. The molecule has 110 valence electrons. The number of hydrogen-bond acceptors (Lipinski definition) is 4. The SMILES string of the molecule is OCCN(Cc1ccccc1)c1cc(Cl)nc(C2CC2)n1. The molecule has 21 heavy (non-hydrogen) atoms. The minimum absolute atomic E-state index is 0.0766. The maximum Gasteiger partial charge on any atom is 0.135 e. The van der Waals surface area contributed by atoms with Crippen LogP contribution >= 0.6 is 11.6 Å². The Morgan fingerprint density at radius 3 is 2.62 bits per heavy atom. The lowest BCUT2D eigenvalue weighted by Gasteiger charge is -2.23. The molecule has 1 aromatic heterocycles. The highest BCUT2D eigenvalue weighted by Gasteiger charge is 2.27. The highest BCUT2D eigenvalue weighted by molar-refractivity contribution is 6.29. The second-order valence-electron chi connectivity index (χ2n) is 5.31. The Bertz CT molecular complexity index is 602. The largest absolute Gasteiger partial charge is 0.395 e. The van der Waals surface area contributed by atoms with Crippen molar-refractivity contribution in [2.45, 2.75) is 25.3 Å². The van der Waals surface area contributed by atoms with Crippen LogP contribution in [-0.4, -0.2) is 28.2 Å². The fourth-order valence-electron chi connectivity index (χ4n) is 2.31. The third-order valence-corrected chi connectivity index (χ3v) is 3.74. The molecule has 0 bridgehead atoms. The van der Waals surface area contributed by atoms with Gasteiger partial charge in [-0.05, 0) is 18.4 Å². The first-order valence-corrected chi connectivity index (χ1v) is 7.58. The van der Waals surface area contributed by atoms with E-state index in [2.05, 4.69) is 22.1 Å². The highest BCUT2D eigenvalue weighted by atomic mass is 35.5. The zero-order valence-electron chi connectivity index (χ0n) is 11.7. The molecular weight excluding hydrogens is 286 g/mol. The predicted molar refractivity (Wildman–Crippen MR) is 83.6 cm³/mol. The Morgan fingerprint density at radius 1 is 1.19 bits per heavy atom. The smallest absolute Gasteiger partial charge is 0.135 e. The first-order chi connectivity index (χ1) is 10.3. The van der Waals surface area contributed by atoms with Gasteiger partial charge in [-0.1, -0.05) is 41.9 Å². The van der Waals surface area contributed by atoms with Crippen molar-refractivity contribution in [2.75, 3.05) is 18.1 Å². The van der Waals surface area contributed by atoms with E-state index in [0.717, 1.165) is 24.5 Å². The molecule has 2 aromatic rings. The predicted octanol–water partition coefficient (Wildman–Crippen LogP) is 3.01. The molecule has 0 saturated heterocycles. The van der Waals surface area contributed by atoms with Gasteiger partial charge in [0, 0.05) is 25.1 Å². The molecule has 0 unspecified atom stereocenters. The van der Waals surface area contributed by atoms with E-state index in [4.69, 9.17) is 11.6 Å². The minimum Gasteiger partial charge on any atom is -0.395 e. The van der Waals surface area contributed by atoms with E-state index in [1.807, 2.05) is 23.1 Å². The molecule has 1 N–H and O–H groups in total. The van der Waals surface area contributed by atoms with Crippen LogP contribution in [0.2, 0.25) is 5.15 Å². The first kappa shape index (κ1) is 14.3. The quantitative estimate of drug-likeness (QED) is 0.834. The van der Waals surface area contributed by atoms with Gasteiger partial charge in [0.2, 0.25) is 0 Å². The van der Waals surface area contributed by atoms with Crippen LogP contribution in [-0.2, 0) is 6.54 Å². The van der Waals surface area contributed by atoms with Crippen molar-refractivity contribution >= 4 is 17.4 Å². The standard InChI is InChI=1S/C16H18ClN3O/c17-14-10-15(19-16(18-14)13-6-7-13)20(8-9-21)11-12-4-2-1-3-5-12/h1-5,10,13,21H,6-9,11H2. The number of aromatic nitrogens is 2. The number of aliphatic hydroxyl groups excluding tert-OH is 1. The van der Waals surface area contributed by atoms with Gasteiger partial charge in [0.25, 0.3) is 0 Å². The van der Waals surface area contributed by atoms with Crippen LogP contribution in [0, 0.1) is 0 Å². The lowest BCUT2D eigenvalue weighted by atomic mass is 10.2. The molecule has 1 aromatic carbocycles. The zero-order valence-corrected chi connectivity index (χ0v) is 12.5. The Balaban J connectivity index is 1.86. The van der Waals surface area contributed by atoms with Gasteiger partial charge in [-0.25, -0.2) is 9.97 Å². The highest BCUT2D eigenvalue weighted by Crippen LogP contribution is 2.39. The third kappa shape index (κ3) is 3.71. The van der Waals surface area contributed by atoms with Crippen molar-refractivity contribution in [1.82, 2.24) is 9.97 Å². The summed E-state index contributed by atoms with van der Waals surface area (Å²) in [5.74, 6) is 2.07. The molecule has 5 heteroatoms. The van der Waals surface area contributed by atoms with E-state index in [9.17, 15) is 5.11 Å². The molecule has 4 nitrogen and oxygen atoms in total. The molecule has 0 spiro atoms. The van der Waals surface area contributed by atoms with Crippen molar-refractivity contribution < 1.29 is 5.11 Å². The molecule has 0 radical (unpaired) electrons. The summed E-state index contributed by atoms with van der Waals surface area (Å²) < 4.78 is 0. The van der Waals surface area contributed by atoms with Crippen LogP contribution in [0.3, 0.4) is 0 Å². The summed E-state index contributed by atoms with van der Waals surface area (Å²) >= 11 is 6.13. The van der Waals surface area contributed by atoms with E-state index in [-0.39, 0.29) is 6.61 Å². The normalized spacial score (nSPS) is 14.2. The summed E-state index contributed by atoms with van der Waals surface area (Å²) in [6, 6.07) is 11.9. The summed E-state index contributed by atoms with van der Waals surface area (Å²) in [5.41, 5.74) is 1.17. The monoisotopic (exact) mass is 303 g/mol. The second kappa shape index (κ2) is 6.41. The van der Waals surface area contributed by atoms with Crippen molar-refractivity contribution in [3.63, 3.8) is 0 Å². The Morgan fingerprint density at radius 2 is 1.95 bits per heavy atom. The topological polar surface area (TPSA) is 49.2 Å². The number of rotatable bonds is 6. The summed E-state index contributed by atoms with van der Waals surface area (Å²) in [7, 11) is 0. The maximum atomic E-state index is 9.32. The molecule has 0 atom stereocenters. The maximum absolute atomic E-state index is 9.32. The van der Waals surface area contributed by atoms with Crippen LogP contribution in [0.5, 0.6) is 0 Å². The zero-order chi connectivity index (χ0) is 14.7. The average Bonchev–Trinajstić information content (AvgIpc) is 3.32. The third-order valence-electron chi connectivity index (χ3n) is 3.55. The van der Waals surface area contributed by atoms with E-state index < -0.39 is 0 Å². The van der Waals surface area contributed by atoms with Crippen molar-refractivity contribution in [1.29, 1.82) is 0 Å². The van der Waals surface area contributed by atoms with Crippen LogP contribution in [0.4, 0.5) is 5.82 Å². The van der Waals surface area contributed by atoms with Gasteiger partial charge in [0.05, 0.1) is 6.61 Å². The number of benzene rings is 1. The molecular formula is C16H18ClN3O. The Hall–Kier alpha value is -1.65. The van der Waals surface area contributed by atoms with Gasteiger partial charge in [-0.15, -0.1) is 0 Å². The van der Waals surface area contributed by atoms with Gasteiger partial charge < -0.3 is 10.0 Å². The summed E-state index contributed by atoms with van der Waals surface area (Å²) in [6.07, 6.45) is 2.27. The van der Waals surface area contributed by atoms with Gasteiger partial charge in [-0.2, -0.15) is 0 Å². The molecule has 1 fully saturated rings. The van der Waals surface area contributed by atoms with Gasteiger partial charge >= 0.3 is 0 Å². The Kier molecular flexibility index (Phi) is 4.36. The molecule has 1 heterocycles. The molecule has 1 aliphatic rings. The molecule has 3 rings (SSSR count). The number of anilines is 1. The van der Waals surface area contributed by atoms with Crippen molar-refractivity contribution in [2.24, 2.45) is 0 Å². The number of halogens is 1. The number of hydrogen-bond donors (Lipinski definition) is 1. The van der Waals surface area contributed by atoms with E-state index in [0.29, 0.717) is 24.2 Å². The van der Waals surface area contributed by atoms with Crippen LogP contribution in [0.25, 0.3) is 0 Å².